The van der Waals surface area contributed by atoms with Crippen LogP contribution in [0.4, 0.5) is 11.4 Å². The number of nitrogens with zero attached hydrogens (tertiary/aromatic N) is 3. The van der Waals surface area contributed by atoms with E-state index < -0.39 is 10.0 Å². The fourth-order valence-corrected chi connectivity index (χ4v) is 5.10. The van der Waals surface area contributed by atoms with Crippen LogP contribution in [0.2, 0.25) is 0 Å². The van der Waals surface area contributed by atoms with Gasteiger partial charge in [-0.25, -0.2) is 13.4 Å². The Morgan fingerprint density at radius 1 is 1.00 bits per heavy atom. The molecule has 0 atom stereocenters. The molecule has 0 aliphatic carbocycles. The summed E-state index contributed by atoms with van der Waals surface area (Å²) in [4.78, 5) is 17.9. The second-order valence-corrected chi connectivity index (χ2v) is 9.92. The Balaban J connectivity index is 1.46. The topological polar surface area (TPSA) is 126 Å². The van der Waals surface area contributed by atoms with Crippen molar-refractivity contribution in [2.75, 3.05) is 17.1 Å². The lowest BCUT2D eigenvalue weighted by atomic mass is 10.1. The molecule has 9 nitrogen and oxygen atoms in total. The smallest absolute Gasteiger partial charge is 0.265 e. The van der Waals surface area contributed by atoms with Crippen molar-refractivity contribution in [3.05, 3.63) is 99.5 Å². The molecule has 0 spiro atoms. The molecule has 184 valence electrons. The molecule has 2 aromatic heterocycles. The number of para-hydroxylation sites is 2. The van der Waals surface area contributed by atoms with E-state index >= 15 is 0 Å². The number of nitrogens with one attached hydrogen (secondary N) is 2. The predicted octanol–water partition coefficient (Wildman–Crippen LogP) is 3.41. The van der Waals surface area contributed by atoms with Gasteiger partial charge in [0.25, 0.3) is 15.6 Å². The Morgan fingerprint density at radius 2 is 1.68 bits per heavy atom. The van der Waals surface area contributed by atoms with Crippen LogP contribution in [-0.2, 0) is 10.0 Å². The van der Waals surface area contributed by atoms with Crippen LogP contribution in [-0.4, -0.2) is 24.9 Å². The van der Waals surface area contributed by atoms with Gasteiger partial charge in [-0.1, -0.05) is 12.1 Å². The summed E-state index contributed by atoms with van der Waals surface area (Å²) >= 11 is 0. The molecule has 2 heterocycles. The van der Waals surface area contributed by atoms with Crippen molar-refractivity contribution in [2.45, 2.75) is 11.8 Å². The quantitative estimate of drug-likeness (QED) is 0.358. The van der Waals surface area contributed by atoms with E-state index in [9.17, 15) is 18.5 Å². The van der Waals surface area contributed by atoms with Gasteiger partial charge in [0, 0.05) is 17.6 Å². The molecule has 5 rings (SSSR count). The number of hydrogen-bond acceptors (Lipinski definition) is 7. The molecule has 10 heteroatoms. The van der Waals surface area contributed by atoms with Crippen molar-refractivity contribution in [3.8, 4) is 11.8 Å². The second kappa shape index (κ2) is 9.29. The second-order valence-electron chi connectivity index (χ2n) is 8.24. The van der Waals surface area contributed by atoms with Crippen molar-refractivity contribution in [2.24, 2.45) is 0 Å². The first-order valence-electron chi connectivity index (χ1n) is 11.2. The number of pyridine rings is 1. The van der Waals surface area contributed by atoms with Gasteiger partial charge in [0.15, 0.2) is 5.65 Å². The maximum atomic E-state index is 13.4. The first kappa shape index (κ1) is 23.8. The summed E-state index contributed by atoms with van der Waals surface area (Å²) in [5.74, 6) is 0.619. The third-order valence-corrected chi connectivity index (χ3v) is 7.40. The van der Waals surface area contributed by atoms with E-state index in [1.807, 2.05) is 12.1 Å². The Kier molecular flexibility index (Phi) is 5.99. The number of anilines is 2. The molecule has 0 aliphatic heterocycles. The summed E-state index contributed by atoms with van der Waals surface area (Å²) in [7, 11) is -2.27. The summed E-state index contributed by atoms with van der Waals surface area (Å²) in [6.07, 6.45) is 1.52. The lowest BCUT2D eigenvalue weighted by Crippen LogP contribution is -2.34. The average molecular weight is 512 g/mol. The third-order valence-electron chi connectivity index (χ3n) is 6.00. The predicted molar refractivity (Wildman–Crippen MR) is 142 cm³/mol. The molecule has 5 aromatic rings. The molecule has 0 saturated carbocycles. The third kappa shape index (κ3) is 4.32. The lowest BCUT2D eigenvalue weighted by molar-refractivity contribution is 0.415. The summed E-state index contributed by atoms with van der Waals surface area (Å²) in [6.45, 7) is 1.70. The molecule has 3 aromatic carbocycles. The fraction of sp³-hybridized carbons (Fsp3) is 0.0741. The standard InChI is InChI=1S/C27H21N5O4S/c1-17-22(15-28)26-30-24-5-3-4-6-25(24)32(26)27(33)23(17)16-29-18-9-13-21(14-10-18)37(34,35)31-19-7-11-20(36-2)12-8-19/h3-14,16,29,31H,1-2H3/b23-16+. The van der Waals surface area contributed by atoms with Gasteiger partial charge in [-0.15, -0.1) is 0 Å². The summed E-state index contributed by atoms with van der Waals surface area (Å²) in [5.41, 5.74) is 3.05. The number of fused-ring (bicyclic) bond motifs is 3. The molecule has 0 radical (unpaired) electrons. The van der Waals surface area contributed by atoms with E-state index in [0.717, 1.165) is 0 Å². The minimum Gasteiger partial charge on any atom is -0.497 e. The van der Waals surface area contributed by atoms with Crippen LogP contribution in [0.1, 0.15) is 11.1 Å². The molecule has 0 bridgehead atoms. The normalized spacial score (nSPS) is 12.0. The number of ether oxygens (including phenoxy) is 1. The van der Waals surface area contributed by atoms with Gasteiger partial charge in [-0.2, -0.15) is 5.26 Å². The van der Waals surface area contributed by atoms with Crippen LogP contribution in [0.5, 0.6) is 5.75 Å². The number of sulfonamides is 1. The van der Waals surface area contributed by atoms with E-state index in [1.165, 1.54) is 29.8 Å². The van der Waals surface area contributed by atoms with E-state index in [0.29, 0.717) is 50.2 Å². The fourth-order valence-electron chi connectivity index (χ4n) is 4.05. The van der Waals surface area contributed by atoms with Gasteiger partial charge < -0.3 is 10.1 Å². The van der Waals surface area contributed by atoms with Gasteiger partial charge >= 0.3 is 0 Å². The largest absolute Gasteiger partial charge is 0.497 e. The molecule has 2 N–H and O–H groups in total. The van der Waals surface area contributed by atoms with Crippen molar-refractivity contribution in [3.63, 3.8) is 0 Å². The molecular weight excluding hydrogens is 490 g/mol. The van der Waals surface area contributed by atoms with E-state index in [-0.39, 0.29) is 10.5 Å². The van der Waals surface area contributed by atoms with Crippen molar-refractivity contribution >= 4 is 44.3 Å². The number of imidazole rings is 1. The zero-order valence-electron chi connectivity index (χ0n) is 19.9. The maximum absolute atomic E-state index is 13.4. The Labute approximate surface area is 212 Å². The summed E-state index contributed by atoms with van der Waals surface area (Å²) in [6, 6.07) is 22.0. The number of aromatic nitrogens is 2. The SMILES string of the molecule is COc1ccc(NS(=O)(=O)c2ccc(N/C=c3\c(C)c(C#N)c4nc5ccccc5n4c3=O)cc2)cc1. The Hall–Kier alpha value is -4.88. The Bertz CT molecular complexity index is 1910. The molecule has 0 aliphatic rings. The molecular formula is C27H21N5O4S. The van der Waals surface area contributed by atoms with E-state index in [4.69, 9.17) is 4.74 Å². The van der Waals surface area contributed by atoms with Crippen LogP contribution in [0.15, 0.2) is 82.5 Å². The van der Waals surface area contributed by atoms with Gasteiger partial charge in [0.05, 0.1) is 33.8 Å². The minimum atomic E-state index is -3.80. The molecule has 0 unspecified atom stereocenters. The molecule has 37 heavy (non-hydrogen) atoms. The van der Waals surface area contributed by atoms with Crippen LogP contribution in [0.25, 0.3) is 22.9 Å². The highest BCUT2D eigenvalue weighted by Gasteiger charge is 2.16. The number of benzene rings is 3. The van der Waals surface area contributed by atoms with Gasteiger partial charge in [0.2, 0.25) is 0 Å². The molecule has 0 amide bonds. The van der Waals surface area contributed by atoms with Gasteiger partial charge in [0.1, 0.15) is 11.8 Å². The van der Waals surface area contributed by atoms with Crippen molar-refractivity contribution in [1.82, 2.24) is 9.38 Å². The monoisotopic (exact) mass is 511 g/mol. The van der Waals surface area contributed by atoms with Crippen LogP contribution in [0, 0.1) is 18.3 Å². The van der Waals surface area contributed by atoms with Crippen molar-refractivity contribution < 1.29 is 13.2 Å². The highest BCUT2D eigenvalue weighted by Crippen LogP contribution is 2.21. The Morgan fingerprint density at radius 3 is 2.35 bits per heavy atom. The van der Waals surface area contributed by atoms with Crippen LogP contribution >= 0.6 is 0 Å². The zero-order valence-corrected chi connectivity index (χ0v) is 20.7. The van der Waals surface area contributed by atoms with Crippen LogP contribution in [0.3, 0.4) is 0 Å². The number of hydrogen-bond donors (Lipinski definition) is 2. The van der Waals surface area contributed by atoms with Gasteiger partial charge in [-0.3, -0.25) is 13.9 Å². The molecule has 0 fully saturated rings. The number of methoxy groups -OCH3 is 1. The first-order chi connectivity index (χ1) is 17.8. The van der Waals surface area contributed by atoms with Gasteiger partial charge in [-0.05, 0) is 73.2 Å². The highest BCUT2D eigenvalue weighted by atomic mass is 32.2. The number of rotatable bonds is 6. The minimum absolute atomic E-state index is 0.0765. The lowest BCUT2D eigenvalue weighted by Gasteiger charge is -2.09. The first-order valence-corrected chi connectivity index (χ1v) is 12.7. The number of nitriles is 1. The maximum Gasteiger partial charge on any atom is 0.265 e. The summed E-state index contributed by atoms with van der Waals surface area (Å²) in [5, 5.41) is 13.1. The highest BCUT2D eigenvalue weighted by molar-refractivity contribution is 7.92. The average Bonchev–Trinajstić information content (AvgIpc) is 3.29. The zero-order chi connectivity index (χ0) is 26.2. The van der Waals surface area contributed by atoms with Crippen LogP contribution < -0.4 is 25.6 Å². The van der Waals surface area contributed by atoms with E-state index in [1.54, 1.807) is 55.5 Å². The van der Waals surface area contributed by atoms with E-state index in [2.05, 4.69) is 21.1 Å². The summed E-state index contributed by atoms with van der Waals surface area (Å²) < 4.78 is 34.6. The van der Waals surface area contributed by atoms with Crippen molar-refractivity contribution in [1.29, 1.82) is 5.26 Å². The molecule has 0 saturated heterocycles.